The summed E-state index contributed by atoms with van der Waals surface area (Å²) in [5.74, 6) is -1.26. The molecule has 9 heteroatoms. The number of carbonyl (C=O) groups is 2. The third-order valence-corrected chi connectivity index (χ3v) is 6.35. The van der Waals surface area contributed by atoms with Crippen molar-refractivity contribution in [3.05, 3.63) is 53.6 Å². The van der Waals surface area contributed by atoms with Gasteiger partial charge in [-0.2, -0.15) is 0 Å². The van der Waals surface area contributed by atoms with Crippen LogP contribution in [0.1, 0.15) is 36.7 Å². The van der Waals surface area contributed by atoms with Crippen LogP contribution in [-0.2, 0) is 19.6 Å². The number of sulfonamides is 1. The molecule has 0 aliphatic rings. The average molecular weight is 451 g/mol. The van der Waals surface area contributed by atoms with Crippen molar-refractivity contribution in [1.82, 2.24) is 4.72 Å². The number of ether oxygens (including phenoxy) is 1. The zero-order valence-electron chi connectivity index (χ0n) is 17.6. The second-order valence-corrected chi connectivity index (χ2v) is 10.3. The van der Waals surface area contributed by atoms with Gasteiger partial charge in [0.15, 0.2) is 6.61 Å². The summed E-state index contributed by atoms with van der Waals surface area (Å²) in [4.78, 5) is 25.5. The topological polar surface area (TPSA) is 102 Å². The van der Waals surface area contributed by atoms with Crippen molar-refractivity contribution in [3.8, 4) is 0 Å². The second kappa shape index (κ2) is 9.63. The molecule has 1 amide bonds. The molecule has 0 aliphatic heterocycles. The lowest BCUT2D eigenvalue weighted by molar-refractivity contribution is -0.119. The molecule has 0 saturated heterocycles. The molecule has 0 radical (unpaired) electrons. The van der Waals surface area contributed by atoms with Crippen LogP contribution in [-0.4, -0.2) is 38.7 Å². The zero-order valence-corrected chi connectivity index (χ0v) is 19.2. The first-order chi connectivity index (χ1) is 13.9. The molecule has 0 fully saturated rings. The van der Waals surface area contributed by atoms with Gasteiger partial charge in [-0.3, -0.25) is 4.79 Å². The summed E-state index contributed by atoms with van der Waals surface area (Å²) in [6.07, 6.45) is 1.93. The third-order valence-electron chi connectivity index (χ3n) is 3.87. The predicted octanol–water partition coefficient (Wildman–Crippen LogP) is 3.59. The molecule has 2 N–H and O–H groups in total. The monoisotopic (exact) mass is 450 g/mol. The van der Waals surface area contributed by atoms with Crippen molar-refractivity contribution in [1.29, 1.82) is 0 Å². The van der Waals surface area contributed by atoms with Crippen molar-refractivity contribution in [2.75, 3.05) is 18.2 Å². The van der Waals surface area contributed by atoms with E-state index < -0.39 is 34.0 Å². The lowest BCUT2D eigenvalue weighted by atomic mass is 10.1. The van der Waals surface area contributed by atoms with Gasteiger partial charge in [0.25, 0.3) is 5.91 Å². The lowest BCUT2D eigenvalue weighted by Gasteiger charge is -2.20. The molecular weight excluding hydrogens is 424 g/mol. The summed E-state index contributed by atoms with van der Waals surface area (Å²) in [6, 6.07) is 11.5. The van der Waals surface area contributed by atoms with Gasteiger partial charge in [-0.15, -0.1) is 11.8 Å². The first-order valence-electron chi connectivity index (χ1n) is 9.17. The number of nitrogens with one attached hydrogen (secondary N) is 2. The molecular formula is C21H26N2O5S2. The minimum Gasteiger partial charge on any atom is -0.452 e. The van der Waals surface area contributed by atoms with Crippen LogP contribution < -0.4 is 10.0 Å². The Bertz CT molecular complexity index is 1040. The van der Waals surface area contributed by atoms with Crippen molar-refractivity contribution >= 4 is 39.3 Å². The van der Waals surface area contributed by atoms with E-state index in [1.165, 1.54) is 18.2 Å². The van der Waals surface area contributed by atoms with Crippen LogP contribution in [0.5, 0.6) is 0 Å². The van der Waals surface area contributed by atoms with Gasteiger partial charge >= 0.3 is 5.97 Å². The lowest BCUT2D eigenvalue weighted by Crippen LogP contribution is -2.40. The van der Waals surface area contributed by atoms with E-state index in [0.29, 0.717) is 11.3 Å². The Balaban J connectivity index is 2.08. The Morgan fingerprint density at radius 2 is 1.80 bits per heavy atom. The molecule has 30 heavy (non-hydrogen) atoms. The molecule has 0 unspecified atom stereocenters. The number of esters is 1. The Hall–Kier alpha value is -2.36. The van der Waals surface area contributed by atoms with Gasteiger partial charge in [-0.1, -0.05) is 12.1 Å². The molecule has 0 spiro atoms. The number of amides is 1. The molecule has 0 heterocycles. The van der Waals surface area contributed by atoms with Crippen LogP contribution in [0.4, 0.5) is 5.69 Å². The van der Waals surface area contributed by atoms with Crippen molar-refractivity contribution in [2.24, 2.45) is 0 Å². The van der Waals surface area contributed by atoms with E-state index in [-0.39, 0.29) is 10.5 Å². The van der Waals surface area contributed by atoms with Gasteiger partial charge in [0.2, 0.25) is 10.0 Å². The maximum atomic E-state index is 12.5. The van der Waals surface area contributed by atoms with Gasteiger partial charge in [0, 0.05) is 16.1 Å². The molecule has 0 atom stereocenters. The standard InChI is InChI=1S/C21H26N2O5S2/c1-14-9-10-17(30(26,27)23-21(2,3)4)12-18(14)20(25)28-13-19(24)22-15-7-6-8-16(11-15)29-5/h6-12,23H,13H2,1-5H3,(H,22,24). The highest BCUT2D eigenvalue weighted by molar-refractivity contribution is 7.98. The normalized spacial score (nSPS) is 11.8. The van der Waals surface area contributed by atoms with Gasteiger partial charge in [0.05, 0.1) is 10.5 Å². The van der Waals surface area contributed by atoms with Crippen LogP contribution in [0.3, 0.4) is 0 Å². The van der Waals surface area contributed by atoms with Crippen molar-refractivity contribution in [2.45, 2.75) is 43.0 Å². The first kappa shape index (κ1) is 23.9. The Kier molecular flexibility index (Phi) is 7.68. The molecule has 0 saturated carbocycles. The Morgan fingerprint density at radius 1 is 1.10 bits per heavy atom. The zero-order chi connectivity index (χ0) is 22.5. The number of hydrogen-bond acceptors (Lipinski definition) is 6. The SMILES string of the molecule is CSc1cccc(NC(=O)COC(=O)c2cc(S(=O)(=O)NC(C)(C)C)ccc2C)c1. The largest absolute Gasteiger partial charge is 0.452 e. The van der Waals surface area contributed by atoms with Gasteiger partial charge in [0.1, 0.15) is 0 Å². The van der Waals surface area contributed by atoms with Crippen LogP contribution in [0.25, 0.3) is 0 Å². The highest BCUT2D eigenvalue weighted by atomic mass is 32.2. The summed E-state index contributed by atoms with van der Waals surface area (Å²) in [5.41, 5.74) is 0.558. The number of carbonyl (C=O) groups excluding carboxylic acids is 2. The van der Waals surface area contributed by atoms with Gasteiger partial charge in [-0.25, -0.2) is 17.9 Å². The van der Waals surface area contributed by atoms with Crippen molar-refractivity contribution < 1.29 is 22.7 Å². The number of hydrogen-bond donors (Lipinski definition) is 2. The highest BCUT2D eigenvalue weighted by Gasteiger charge is 2.24. The summed E-state index contributed by atoms with van der Waals surface area (Å²) < 4.78 is 32.7. The maximum Gasteiger partial charge on any atom is 0.338 e. The minimum absolute atomic E-state index is 0.0479. The summed E-state index contributed by atoms with van der Waals surface area (Å²) in [5, 5.41) is 2.66. The second-order valence-electron chi connectivity index (χ2n) is 7.69. The molecule has 0 aromatic heterocycles. The van der Waals surface area contributed by atoms with E-state index in [2.05, 4.69) is 10.0 Å². The van der Waals surface area contributed by atoms with E-state index in [1.54, 1.807) is 45.5 Å². The molecule has 162 valence electrons. The fourth-order valence-electron chi connectivity index (χ4n) is 2.56. The number of rotatable bonds is 7. The van der Waals surface area contributed by atoms with E-state index in [1.807, 2.05) is 24.5 Å². The molecule has 0 aliphatic carbocycles. The van der Waals surface area contributed by atoms with E-state index in [9.17, 15) is 18.0 Å². The Morgan fingerprint density at radius 3 is 2.43 bits per heavy atom. The predicted molar refractivity (Wildman–Crippen MR) is 118 cm³/mol. The van der Waals surface area contributed by atoms with Gasteiger partial charge < -0.3 is 10.1 Å². The quantitative estimate of drug-likeness (QED) is 0.494. The average Bonchev–Trinajstić information content (AvgIpc) is 2.64. The summed E-state index contributed by atoms with van der Waals surface area (Å²) >= 11 is 1.54. The highest BCUT2D eigenvalue weighted by Crippen LogP contribution is 2.20. The Labute approximate surface area is 181 Å². The van der Waals surface area contributed by atoms with Crippen molar-refractivity contribution in [3.63, 3.8) is 0 Å². The number of benzene rings is 2. The van der Waals surface area contributed by atoms with Crippen LogP contribution in [0, 0.1) is 6.92 Å². The van der Waals surface area contributed by atoms with Crippen LogP contribution >= 0.6 is 11.8 Å². The first-order valence-corrected chi connectivity index (χ1v) is 11.9. The molecule has 2 rings (SSSR count). The fraction of sp³-hybridized carbons (Fsp3) is 0.333. The van der Waals surface area contributed by atoms with E-state index >= 15 is 0 Å². The molecule has 2 aromatic carbocycles. The van der Waals surface area contributed by atoms with Crippen LogP contribution in [0.15, 0.2) is 52.3 Å². The molecule has 2 aromatic rings. The molecule has 7 nitrogen and oxygen atoms in total. The maximum absolute atomic E-state index is 12.5. The summed E-state index contributed by atoms with van der Waals surface area (Å²) in [7, 11) is -3.81. The van der Waals surface area contributed by atoms with E-state index in [4.69, 9.17) is 4.74 Å². The fourth-order valence-corrected chi connectivity index (χ4v) is 4.46. The summed E-state index contributed by atoms with van der Waals surface area (Å²) in [6.45, 7) is 6.35. The van der Waals surface area contributed by atoms with Gasteiger partial charge in [-0.05, 0) is 69.8 Å². The van der Waals surface area contributed by atoms with Crippen LogP contribution in [0.2, 0.25) is 0 Å². The van der Waals surface area contributed by atoms with E-state index in [0.717, 1.165) is 4.90 Å². The number of anilines is 1. The smallest absolute Gasteiger partial charge is 0.338 e. The molecule has 0 bridgehead atoms. The number of thioether (sulfide) groups is 1. The minimum atomic E-state index is -3.81. The third kappa shape index (κ3) is 6.86. The number of aryl methyl sites for hydroxylation is 1.